The quantitative estimate of drug-likeness (QED) is 0.788. The van der Waals surface area contributed by atoms with E-state index < -0.39 is 0 Å². The molecule has 0 aliphatic carbocycles. The highest BCUT2D eigenvalue weighted by molar-refractivity contribution is 5.90. The van der Waals surface area contributed by atoms with Gasteiger partial charge in [-0.15, -0.1) is 0 Å². The van der Waals surface area contributed by atoms with Crippen molar-refractivity contribution < 1.29 is 4.79 Å². The fourth-order valence-corrected chi connectivity index (χ4v) is 2.51. The summed E-state index contributed by atoms with van der Waals surface area (Å²) in [5.74, 6) is 0.851. The molecule has 2 aromatic heterocycles. The number of hydrogen-bond acceptors (Lipinski definition) is 3. The molecule has 0 saturated carbocycles. The van der Waals surface area contributed by atoms with Gasteiger partial charge in [0.25, 0.3) is 0 Å². The lowest BCUT2D eigenvalue weighted by Crippen LogP contribution is -2.15. The Morgan fingerprint density at radius 2 is 2.00 bits per heavy atom. The van der Waals surface area contributed by atoms with Crippen molar-refractivity contribution >= 4 is 28.3 Å². The minimum atomic E-state index is -0.0119. The second-order valence-electron chi connectivity index (χ2n) is 5.67. The number of fused-ring (bicyclic) bond motifs is 1. The predicted octanol–water partition coefficient (Wildman–Crippen LogP) is 3.13. The Bertz CT molecular complexity index is 805. The molecule has 1 amide bonds. The van der Waals surface area contributed by atoms with E-state index in [-0.39, 0.29) is 5.91 Å². The maximum atomic E-state index is 12.1. The van der Waals surface area contributed by atoms with E-state index in [4.69, 9.17) is 0 Å². The van der Waals surface area contributed by atoms with Crippen LogP contribution in [-0.4, -0.2) is 29.6 Å². The normalized spacial score (nSPS) is 10.7. The van der Waals surface area contributed by atoms with Crippen LogP contribution in [0.4, 0.5) is 11.5 Å². The van der Waals surface area contributed by atoms with E-state index in [1.807, 2.05) is 49.5 Å². The van der Waals surface area contributed by atoms with Gasteiger partial charge in [0.15, 0.2) is 0 Å². The first-order valence-corrected chi connectivity index (χ1v) is 7.60. The Hall–Kier alpha value is -2.82. The molecule has 1 aromatic carbocycles. The van der Waals surface area contributed by atoms with Crippen molar-refractivity contribution in [2.24, 2.45) is 0 Å². The molecule has 5 heteroatoms. The number of aromatic nitrogens is 2. The Kier molecular flexibility index (Phi) is 4.28. The van der Waals surface area contributed by atoms with Gasteiger partial charge in [0, 0.05) is 38.8 Å². The number of nitrogens with one attached hydrogen (secondary N) is 1. The maximum Gasteiger partial charge on any atom is 0.226 e. The summed E-state index contributed by atoms with van der Waals surface area (Å²) in [5.41, 5.74) is 1.87. The molecule has 118 valence electrons. The van der Waals surface area contributed by atoms with Crippen molar-refractivity contribution in [2.75, 3.05) is 24.3 Å². The topological polar surface area (TPSA) is 50.2 Å². The number of pyridine rings is 1. The van der Waals surface area contributed by atoms with E-state index in [2.05, 4.69) is 33.1 Å². The van der Waals surface area contributed by atoms with Crippen LogP contribution in [0.15, 0.2) is 54.9 Å². The molecular weight excluding hydrogens is 288 g/mol. The van der Waals surface area contributed by atoms with E-state index in [9.17, 15) is 4.79 Å². The first kappa shape index (κ1) is 15.1. The number of amides is 1. The molecule has 0 atom stereocenters. The van der Waals surface area contributed by atoms with Gasteiger partial charge in [0.05, 0.1) is 11.9 Å². The van der Waals surface area contributed by atoms with Crippen LogP contribution >= 0.6 is 0 Å². The molecule has 23 heavy (non-hydrogen) atoms. The van der Waals surface area contributed by atoms with Crippen LogP contribution in [0.5, 0.6) is 0 Å². The van der Waals surface area contributed by atoms with Gasteiger partial charge in [0.2, 0.25) is 5.91 Å². The van der Waals surface area contributed by atoms with Gasteiger partial charge >= 0.3 is 0 Å². The molecule has 0 fully saturated rings. The van der Waals surface area contributed by atoms with Gasteiger partial charge in [-0.25, -0.2) is 4.98 Å². The summed E-state index contributed by atoms with van der Waals surface area (Å²) >= 11 is 0. The fourth-order valence-electron chi connectivity index (χ4n) is 2.51. The number of nitrogens with zero attached hydrogens (tertiary/aromatic N) is 3. The molecule has 0 bridgehead atoms. The van der Waals surface area contributed by atoms with Gasteiger partial charge in [-0.1, -0.05) is 18.2 Å². The molecular formula is C18H20N4O. The van der Waals surface area contributed by atoms with Crippen molar-refractivity contribution in [3.63, 3.8) is 0 Å². The predicted molar refractivity (Wildman–Crippen MR) is 93.7 cm³/mol. The summed E-state index contributed by atoms with van der Waals surface area (Å²) in [6.45, 7) is 0.655. The van der Waals surface area contributed by atoms with Crippen LogP contribution < -0.4 is 10.2 Å². The summed E-state index contributed by atoms with van der Waals surface area (Å²) in [7, 11) is 3.87. The Morgan fingerprint density at radius 3 is 2.74 bits per heavy atom. The van der Waals surface area contributed by atoms with Gasteiger partial charge in [0.1, 0.15) is 5.82 Å². The summed E-state index contributed by atoms with van der Waals surface area (Å²) < 4.78 is 2.10. The first-order chi connectivity index (χ1) is 11.1. The van der Waals surface area contributed by atoms with E-state index in [0.29, 0.717) is 13.0 Å². The summed E-state index contributed by atoms with van der Waals surface area (Å²) in [4.78, 5) is 18.3. The monoisotopic (exact) mass is 308 g/mol. The lowest BCUT2D eigenvalue weighted by molar-refractivity contribution is -0.116. The number of carbonyl (C=O) groups excluding carboxylic acids is 1. The zero-order valence-corrected chi connectivity index (χ0v) is 13.4. The lowest BCUT2D eigenvalue weighted by Gasteiger charge is -2.12. The third-order valence-corrected chi connectivity index (χ3v) is 3.75. The SMILES string of the molecule is CN(C)c1ccc(NC(=O)CCn2ccc3ccccc32)cn1. The van der Waals surface area contributed by atoms with Crippen molar-refractivity contribution in [3.05, 3.63) is 54.9 Å². The fraction of sp³-hybridized carbons (Fsp3) is 0.222. The highest BCUT2D eigenvalue weighted by atomic mass is 16.1. The maximum absolute atomic E-state index is 12.1. The average Bonchev–Trinajstić information content (AvgIpc) is 2.97. The van der Waals surface area contributed by atoms with Crippen LogP contribution in [0.2, 0.25) is 0 Å². The molecule has 0 aliphatic heterocycles. The molecule has 0 unspecified atom stereocenters. The highest BCUT2D eigenvalue weighted by Gasteiger charge is 2.06. The number of rotatable bonds is 5. The van der Waals surface area contributed by atoms with Gasteiger partial charge < -0.3 is 14.8 Å². The molecule has 3 aromatic rings. The molecule has 0 spiro atoms. The molecule has 0 radical (unpaired) electrons. The summed E-state index contributed by atoms with van der Waals surface area (Å²) in [6, 6.07) is 14.0. The molecule has 3 rings (SSSR count). The van der Waals surface area contributed by atoms with Gasteiger partial charge in [-0.2, -0.15) is 0 Å². The molecule has 0 aliphatic rings. The smallest absolute Gasteiger partial charge is 0.226 e. The van der Waals surface area contributed by atoms with Crippen molar-refractivity contribution in [2.45, 2.75) is 13.0 Å². The average molecular weight is 308 g/mol. The van der Waals surface area contributed by atoms with Crippen molar-refractivity contribution in [3.8, 4) is 0 Å². The van der Waals surface area contributed by atoms with E-state index in [0.717, 1.165) is 17.0 Å². The van der Waals surface area contributed by atoms with Crippen LogP contribution in [0.1, 0.15) is 6.42 Å². The Labute approximate surface area is 135 Å². The minimum absolute atomic E-state index is 0.0119. The Morgan fingerprint density at radius 1 is 1.17 bits per heavy atom. The van der Waals surface area contributed by atoms with Crippen molar-refractivity contribution in [1.82, 2.24) is 9.55 Å². The first-order valence-electron chi connectivity index (χ1n) is 7.60. The number of carbonyl (C=O) groups is 1. The number of anilines is 2. The molecule has 0 saturated heterocycles. The van der Waals surface area contributed by atoms with Crippen LogP contribution in [0.25, 0.3) is 10.9 Å². The van der Waals surface area contributed by atoms with Crippen LogP contribution in [0.3, 0.4) is 0 Å². The van der Waals surface area contributed by atoms with Crippen LogP contribution in [0, 0.1) is 0 Å². The van der Waals surface area contributed by atoms with Crippen molar-refractivity contribution in [1.29, 1.82) is 0 Å². The van der Waals surface area contributed by atoms with Crippen LogP contribution in [-0.2, 0) is 11.3 Å². The zero-order valence-electron chi connectivity index (χ0n) is 13.4. The summed E-state index contributed by atoms with van der Waals surface area (Å²) in [5, 5.41) is 4.08. The third kappa shape index (κ3) is 3.51. The zero-order chi connectivity index (χ0) is 16.2. The van der Waals surface area contributed by atoms with E-state index in [1.165, 1.54) is 5.39 Å². The number of hydrogen-bond donors (Lipinski definition) is 1. The van der Waals surface area contributed by atoms with Gasteiger partial charge in [-0.3, -0.25) is 4.79 Å². The van der Waals surface area contributed by atoms with Gasteiger partial charge in [-0.05, 0) is 29.7 Å². The second kappa shape index (κ2) is 6.52. The third-order valence-electron chi connectivity index (χ3n) is 3.75. The molecule has 1 N–H and O–H groups in total. The molecule has 5 nitrogen and oxygen atoms in total. The van der Waals surface area contributed by atoms with E-state index in [1.54, 1.807) is 6.20 Å². The standard InChI is InChI=1S/C18H20N4O/c1-21(2)17-8-7-15(13-19-17)20-18(23)10-12-22-11-9-14-5-3-4-6-16(14)22/h3-9,11,13H,10,12H2,1-2H3,(H,20,23). The number of aryl methyl sites for hydroxylation is 1. The highest BCUT2D eigenvalue weighted by Crippen LogP contribution is 2.16. The summed E-state index contributed by atoms with van der Waals surface area (Å²) in [6.07, 6.45) is 4.12. The number of para-hydroxylation sites is 1. The Balaban J connectivity index is 1.59. The second-order valence-corrected chi connectivity index (χ2v) is 5.67. The molecule has 2 heterocycles. The van der Waals surface area contributed by atoms with E-state index >= 15 is 0 Å². The minimum Gasteiger partial charge on any atom is -0.363 e. The lowest BCUT2D eigenvalue weighted by atomic mass is 10.2. The number of benzene rings is 1. The largest absolute Gasteiger partial charge is 0.363 e.